The van der Waals surface area contributed by atoms with Crippen molar-refractivity contribution in [1.29, 1.82) is 0 Å². The van der Waals surface area contributed by atoms with E-state index >= 15 is 0 Å². The van der Waals surface area contributed by atoms with Crippen molar-refractivity contribution in [1.82, 2.24) is 24.4 Å². The molecule has 0 aliphatic carbocycles. The van der Waals surface area contributed by atoms with Crippen molar-refractivity contribution >= 4 is 38.6 Å². The van der Waals surface area contributed by atoms with Gasteiger partial charge < -0.3 is 15.3 Å². The number of nitrogens with zero attached hydrogens (tertiary/aromatic N) is 5. The number of carbonyl (C=O) groups is 1. The number of aromatic nitrogens is 3. The van der Waals surface area contributed by atoms with E-state index in [1.54, 1.807) is 21.5 Å². The highest BCUT2D eigenvalue weighted by molar-refractivity contribution is 8.00. The molecule has 4 aromatic rings. The predicted octanol–water partition coefficient (Wildman–Crippen LogP) is 2.49. The van der Waals surface area contributed by atoms with Crippen molar-refractivity contribution in [2.24, 2.45) is 0 Å². The minimum absolute atomic E-state index is 0.0805. The van der Waals surface area contributed by atoms with E-state index in [4.69, 9.17) is 4.98 Å². The summed E-state index contributed by atoms with van der Waals surface area (Å²) in [6, 6.07) is 19.6. The van der Waals surface area contributed by atoms with Gasteiger partial charge in [0, 0.05) is 67.2 Å². The van der Waals surface area contributed by atoms with E-state index < -0.39 is 15.6 Å². The van der Waals surface area contributed by atoms with Crippen molar-refractivity contribution < 1.29 is 14.1 Å². The van der Waals surface area contributed by atoms with E-state index in [0.717, 1.165) is 42.1 Å². The van der Waals surface area contributed by atoms with Gasteiger partial charge in [0.1, 0.15) is 0 Å². The molecule has 38 heavy (non-hydrogen) atoms. The third-order valence-electron chi connectivity index (χ3n) is 7.13. The Bertz CT molecular complexity index is 1560. The number of carbonyl (C=O) groups excluding carboxylic acids is 1. The number of rotatable bonds is 6. The lowest BCUT2D eigenvalue weighted by Gasteiger charge is -2.35. The van der Waals surface area contributed by atoms with Gasteiger partial charge in [0.05, 0.1) is 6.10 Å². The summed E-state index contributed by atoms with van der Waals surface area (Å²) < 4.78 is 13.9. The fourth-order valence-electron chi connectivity index (χ4n) is 4.82. The lowest BCUT2D eigenvalue weighted by molar-refractivity contribution is 0.00590. The highest BCUT2D eigenvalue weighted by Crippen LogP contribution is 2.26. The maximum Gasteiger partial charge on any atom is 0.254 e. The number of hydrogen-bond donors (Lipinski definition) is 2. The summed E-state index contributed by atoms with van der Waals surface area (Å²) in [7, 11) is -1.88. The molecule has 196 valence electrons. The normalized spacial score (nSPS) is 17.9. The maximum atomic E-state index is 12.4. The Morgan fingerprint density at radius 1 is 1.05 bits per heavy atom. The molecule has 6 rings (SSSR count). The predicted molar refractivity (Wildman–Crippen MR) is 150 cm³/mol. The Labute approximate surface area is 221 Å². The van der Waals surface area contributed by atoms with Crippen LogP contribution in [0.3, 0.4) is 0 Å². The highest BCUT2D eigenvalue weighted by atomic mass is 32.2. The first-order chi connectivity index (χ1) is 18.3. The lowest BCUT2D eigenvalue weighted by Crippen LogP contribution is -2.53. The molecule has 0 spiro atoms. The minimum atomic E-state index is -1.88. The van der Waals surface area contributed by atoms with Gasteiger partial charge >= 0.3 is 0 Å². The van der Waals surface area contributed by atoms with Crippen molar-refractivity contribution in [2.45, 2.75) is 12.6 Å². The van der Waals surface area contributed by atoms with Crippen molar-refractivity contribution in [3.63, 3.8) is 0 Å². The van der Waals surface area contributed by atoms with Gasteiger partial charge in [-0.1, -0.05) is 24.3 Å². The van der Waals surface area contributed by atoms with E-state index in [-0.39, 0.29) is 5.91 Å². The fourth-order valence-corrected chi connectivity index (χ4v) is 6.21. The maximum absolute atomic E-state index is 12.4. The molecule has 0 saturated carbocycles. The average molecular weight is 531 g/mol. The van der Waals surface area contributed by atoms with Gasteiger partial charge in [-0.15, -0.1) is 5.10 Å². The zero-order chi connectivity index (χ0) is 26.3. The summed E-state index contributed by atoms with van der Waals surface area (Å²) >= 11 is 0. The van der Waals surface area contributed by atoms with Gasteiger partial charge in [-0.2, -0.15) is 4.98 Å². The van der Waals surface area contributed by atoms with E-state index in [2.05, 4.69) is 45.5 Å². The van der Waals surface area contributed by atoms with Crippen molar-refractivity contribution in [2.75, 3.05) is 43.0 Å². The molecular weight excluding hydrogens is 500 g/mol. The number of pyridine rings is 1. The van der Waals surface area contributed by atoms with Gasteiger partial charge in [0.15, 0.2) is 5.65 Å². The topological polar surface area (TPSA) is 103 Å². The number of aliphatic hydroxyl groups excluding tert-OH is 1. The molecule has 0 atom stereocenters. The second-order valence-electron chi connectivity index (χ2n) is 10.0. The molecule has 9 nitrogen and oxygen atoms in total. The number of β-amino-alcohol motifs (C(OH)–C–C–N with tert-alkyl or cyclic N) is 1. The Balaban J connectivity index is 1.15. The van der Waals surface area contributed by atoms with Crippen LogP contribution in [-0.4, -0.2) is 89.3 Å². The van der Waals surface area contributed by atoms with Gasteiger partial charge in [0.2, 0.25) is 5.95 Å². The molecule has 2 aromatic carbocycles. The van der Waals surface area contributed by atoms with Gasteiger partial charge in [-0.25, -0.2) is 4.52 Å². The van der Waals surface area contributed by atoms with E-state index in [0.29, 0.717) is 36.1 Å². The largest absolute Gasteiger partial charge is 0.389 e. The van der Waals surface area contributed by atoms with Crippen LogP contribution in [0.2, 0.25) is 0 Å². The summed E-state index contributed by atoms with van der Waals surface area (Å²) in [5.74, 6) is 5.57. The first kappa shape index (κ1) is 24.6. The third kappa shape index (κ3) is 5.15. The Kier molecular flexibility index (Phi) is 6.38. The smallest absolute Gasteiger partial charge is 0.254 e. The summed E-state index contributed by atoms with van der Waals surface area (Å²) in [5, 5.41) is 17.2. The molecular formula is C28H30N6O3S. The number of hydrogen-bond acceptors (Lipinski definition) is 7. The second kappa shape index (κ2) is 9.86. The van der Waals surface area contributed by atoms with E-state index in [1.165, 1.54) is 5.56 Å². The van der Waals surface area contributed by atoms with Crippen LogP contribution >= 0.6 is 0 Å². The highest BCUT2D eigenvalue weighted by Gasteiger charge is 2.29. The van der Waals surface area contributed by atoms with Crippen LogP contribution in [0.1, 0.15) is 15.9 Å². The van der Waals surface area contributed by atoms with Crippen LogP contribution in [0.5, 0.6) is 0 Å². The molecule has 2 fully saturated rings. The number of aliphatic hydroxyl groups is 1. The quantitative estimate of drug-likeness (QED) is 0.369. The number of benzene rings is 2. The summed E-state index contributed by atoms with van der Waals surface area (Å²) in [6.07, 6.45) is 1.45. The standard InChI is InChI=1S/C28H30N6O3S/c1-38(37)15-13-32(14-16-38)17-20-4-6-21(7-5-20)25-3-2-12-34-26(25)30-28(31-34)29-23-10-8-22(9-11-23)27(36)33-18-24(35)19-33/h2-12,24,35H,1,13-19H2,(H,29,31). The molecule has 1 amide bonds. The monoisotopic (exact) mass is 530 g/mol. The fraction of sp³-hybridized carbons (Fsp3) is 0.286. The zero-order valence-electron chi connectivity index (χ0n) is 21.0. The number of nitrogens with one attached hydrogen (secondary N) is 1. The molecule has 10 heteroatoms. The Morgan fingerprint density at radius 2 is 1.76 bits per heavy atom. The van der Waals surface area contributed by atoms with Crippen molar-refractivity contribution in [3.8, 4) is 11.1 Å². The van der Waals surface area contributed by atoms with Crippen molar-refractivity contribution in [3.05, 3.63) is 78.0 Å². The minimum Gasteiger partial charge on any atom is -0.389 e. The van der Waals surface area contributed by atoms with Crippen LogP contribution < -0.4 is 5.32 Å². The molecule has 0 radical (unpaired) electrons. The first-order valence-corrected chi connectivity index (χ1v) is 14.7. The van der Waals surface area contributed by atoms with Gasteiger partial charge in [0.25, 0.3) is 5.91 Å². The van der Waals surface area contributed by atoms with Crippen LogP contribution in [0, 0.1) is 0 Å². The van der Waals surface area contributed by atoms with E-state index in [1.807, 2.05) is 30.5 Å². The molecule has 2 aromatic heterocycles. The molecule has 2 aliphatic heterocycles. The summed E-state index contributed by atoms with van der Waals surface area (Å²) in [6.45, 7) is 3.24. The third-order valence-corrected chi connectivity index (χ3v) is 8.98. The van der Waals surface area contributed by atoms with Gasteiger partial charge in [-0.3, -0.25) is 13.9 Å². The average Bonchev–Trinajstić information content (AvgIpc) is 3.31. The number of fused-ring (bicyclic) bond motifs is 1. The molecule has 0 unspecified atom stereocenters. The molecule has 4 heterocycles. The number of anilines is 2. The Morgan fingerprint density at radius 3 is 2.45 bits per heavy atom. The molecule has 0 bridgehead atoms. The van der Waals surface area contributed by atoms with Crippen LogP contribution in [0.25, 0.3) is 16.8 Å². The second-order valence-corrected chi connectivity index (χ2v) is 12.8. The van der Waals surface area contributed by atoms with E-state index in [9.17, 15) is 14.1 Å². The molecule has 2 saturated heterocycles. The SMILES string of the molecule is C=S1(=O)CCN(Cc2ccc(-c3cccn4nc(Nc5ccc(C(=O)N6CC(O)C6)cc5)nc34)cc2)CC1. The summed E-state index contributed by atoms with van der Waals surface area (Å²) in [4.78, 5) is 21.1. The van der Waals surface area contributed by atoms with Crippen LogP contribution in [0.15, 0.2) is 66.9 Å². The molecule has 2 aliphatic rings. The number of likely N-dealkylation sites (tertiary alicyclic amines) is 1. The lowest BCUT2D eigenvalue weighted by atomic mass is 10.0. The van der Waals surface area contributed by atoms with Crippen LogP contribution in [-0.2, 0) is 16.1 Å². The first-order valence-electron chi connectivity index (χ1n) is 12.7. The number of amides is 1. The molecule has 2 N–H and O–H groups in total. The Hall–Kier alpha value is -3.73. The van der Waals surface area contributed by atoms with Crippen LogP contribution in [0.4, 0.5) is 11.6 Å². The summed E-state index contributed by atoms with van der Waals surface area (Å²) in [5.41, 5.74) is 5.35. The van der Waals surface area contributed by atoms with Gasteiger partial charge in [-0.05, 0) is 62.9 Å². The zero-order valence-corrected chi connectivity index (χ0v) is 21.8.